The van der Waals surface area contributed by atoms with Gasteiger partial charge in [-0.25, -0.2) is 4.79 Å². The Hall–Kier alpha value is -2.28. The molecule has 2 rings (SSSR count). The van der Waals surface area contributed by atoms with Crippen LogP contribution in [-0.2, 0) is 14.3 Å². The molecule has 126 valence electrons. The van der Waals surface area contributed by atoms with Gasteiger partial charge >= 0.3 is 5.97 Å². The first kappa shape index (κ1) is 17.1. The van der Waals surface area contributed by atoms with Crippen LogP contribution in [0.2, 0.25) is 0 Å². The van der Waals surface area contributed by atoms with Gasteiger partial charge in [-0.3, -0.25) is 4.79 Å². The van der Waals surface area contributed by atoms with Crippen molar-refractivity contribution in [2.75, 3.05) is 26.9 Å². The molecule has 23 heavy (non-hydrogen) atoms. The van der Waals surface area contributed by atoms with E-state index in [1.54, 1.807) is 25.3 Å². The van der Waals surface area contributed by atoms with Gasteiger partial charge in [-0.15, -0.1) is 0 Å². The standard InChI is InChI=1S/C16H21NO6/c1-11-9-12(3-4-13(11)21-2)23-10-14(18)17-16(15(19)20)5-7-22-8-6-16/h3-4,9H,5-8,10H2,1-2H3,(H,17,18)(H,19,20). The third-order valence-corrected chi connectivity index (χ3v) is 3.87. The Kier molecular flexibility index (Phi) is 5.44. The Morgan fingerprint density at radius 1 is 1.35 bits per heavy atom. The van der Waals surface area contributed by atoms with E-state index >= 15 is 0 Å². The van der Waals surface area contributed by atoms with E-state index in [0.717, 1.165) is 11.3 Å². The molecule has 1 aliphatic rings. The molecule has 0 spiro atoms. The van der Waals surface area contributed by atoms with Gasteiger partial charge in [0.15, 0.2) is 6.61 Å². The Morgan fingerprint density at radius 2 is 2.04 bits per heavy atom. The topological polar surface area (TPSA) is 94.1 Å². The second kappa shape index (κ2) is 7.32. The normalized spacial score (nSPS) is 16.4. The molecule has 0 aliphatic carbocycles. The number of carboxylic acids is 1. The quantitative estimate of drug-likeness (QED) is 0.815. The number of hydrogen-bond acceptors (Lipinski definition) is 5. The summed E-state index contributed by atoms with van der Waals surface area (Å²) in [6, 6.07) is 5.20. The summed E-state index contributed by atoms with van der Waals surface area (Å²) in [6.07, 6.45) is 0.492. The van der Waals surface area contributed by atoms with Crippen molar-refractivity contribution in [3.05, 3.63) is 23.8 Å². The lowest BCUT2D eigenvalue weighted by Gasteiger charge is -2.33. The van der Waals surface area contributed by atoms with Gasteiger partial charge in [0, 0.05) is 26.1 Å². The van der Waals surface area contributed by atoms with Crippen LogP contribution in [0.25, 0.3) is 0 Å². The predicted octanol–water partition coefficient (Wildman–Crippen LogP) is 1.13. The minimum absolute atomic E-state index is 0.246. The third kappa shape index (κ3) is 4.13. The SMILES string of the molecule is COc1ccc(OCC(=O)NC2(C(=O)O)CCOCC2)cc1C. The summed E-state index contributed by atoms with van der Waals surface area (Å²) in [5, 5.41) is 12.0. The average molecular weight is 323 g/mol. The Balaban J connectivity index is 1.94. The van der Waals surface area contributed by atoms with Crippen molar-refractivity contribution in [3.63, 3.8) is 0 Å². The van der Waals surface area contributed by atoms with Gasteiger partial charge in [0.25, 0.3) is 5.91 Å². The predicted molar refractivity (Wildman–Crippen MR) is 81.8 cm³/mol. The molecule has 1 aromatic carbocycles. The fraction of sp³-hybridized carbons (Fsp3) is 0.500. The van der Waals surface area contributed by atoms with Crippen LogP contribution >= 0.6 is 0 Å². The smallest absolute Gasteiger partial charge is 0.329 e. The molecule has 7 heteroatoms. The molecule has 0 bridgehead atoms. The van der Waals surface area contributed by atoms with Crippen molar-refractivity contribution in [1.82, 2.24) is 5.32 Å². The maximum atomic E-state index is 12.0. The zero-order valence-electron chi connectivity index (χ0n) is 13.3. The second-order valence-electron chi connectivity index (χ2n) is 5.47. The van der Waals surface area contributed by atoms with Crippen LogP contribution in [0.15, 0.2) is 18.2 Å². The number of methoxy groups -OCH3 is 1. The number of ether oxygens (including phenoxy) is 3. The van der Waals surface area contributed by atoms with E-state index in [0.29, 0.717) is 19.0 Å². The molecule has 1 heterocycles. The number of carboxylic acid groups (broad SMARTS) is 1. The van der Waals surface area contributed by atoms with E-state index in [1.165, 1.54) is 0 Å². The van der Waals surface area contributed by atoms with Gasteiger partial charge in [-0.1, -0.05) is 0 Å². The van der Waals surface area contributed by atoms with Crippen molar-refractivity contribution in [2.45, 2.75) is 25.3 Å². The minimum atomic E-state index is -1.27. The monoisotopic (exact) mass is 323 g/mol. The number of carbonyl (C=O) groups is 2. The van der Waals surface area contributed by atoms with Crippen molar-refractivity contribution in [1.29, 1.82) is 0 Å². The van der Waals surface area contributed by atoms with Crippen molar-refractivity contribution >= 4 is 11.9 Å². The summed E-state index contributed by atoms with van der Waals surface area (Å²) >= 11 is 0. The van der Waals surface area contributed by atoms with E-state index in [9.17, 15) is 14.7 Å². The van der Waals surface area contributed by atoms with Crippen LogP contribution in [-0.4, -0.2) is 49.5 Å². The Morgan fingerprint density at radius 3 is 2.61 bits per heavy atom. The number of hydrogen-bond donors (Lipinski definition) is 2. The fourth-order valence-corrected chi connectivity index (χ4v) is 2.50. The highest BCUT2D eigenvalue weighted by Gasteiger charge is 2.41. The fourth-order valence-electron chi connectivity index (χ4n) is 2.50. The molecule has 0 saturated carbocycles. The lowest BCUT2D eigenvalue weighted by atomic mass is 9.90. The number of nitrogens with one attached hydrogen (secondary N) is 1. The summed E-state index contributed by atoms with van der Waals surface area (Å²) in [5.74, 6) is -0.263. The molecule has 0 radical (unpaired) electrons. The zero-order chi connectivity index (χ0) is 16.9. The number of benzene rings is 1. The second-order valence-corrected chi connectivity index (χ2v) is 5.47. The number of carbonyl (C=O) groups excluding carboxylic acids is 1. The van der Waals surface area contributed by atoms with E-state index in [1.807, 2.05) is 6.92 Å². The summed E-state index contributed by atoms with van der Waals surface area (Å²) in [4.78, 5) is 23.5. The highest BCUT2D eigenvalue weighted by molar-refractivity contribution is 5.87. The van der Waals surface area contributed by atoms with Crippen LogP contribution in [0.1, 0.15) is 18.4 Å². The molecule has 1 amide bonds. The lowest BCUT2D eigenvalue weighted by molar-refractivity contribution is -0.152. The Labute approximate surface area is 134 Å². The van der Waals surface area contributed by atoms with Gasteiger partial charge in [-0.05, 0) is 30.7 Å². The number of aliphatic carboxylic acids is 1. The van der Waals surface area contributed by atoms with Crippen molar-refractivity contribution < 1.29 is 28.9 Å². The van der Waals surface area contributed by atoms with Gasteiger partial charge in [0.1, 0.15) is 17.0 Å². The lowest BCUT2D eigenvalue weighted by Crippen LogP contribution is -2.58. The highest BCUT2D eigenvalue weighted by atomic mass is 16.5. The molecule has 1 saturated heterocycles. The maximum Gasteiger partial charge on any atom is 0.329 e. The highest BCUT2D eigenvalue weighted by Crippen LogP contribution is 2.23. The zero-order valence-corrected chi connectivity index (χ0v) is 13.3. The molecular weight excluding hydrogens is 302 g/mol. The summed E-state index contributed by atoms with van der Waals surface area (Å²) < 4.78 is 15.7. The van der Waals surface area contributed by atoms with E-state index in [4.69, 9.17) is 14.2 Å². The largest absolute Gasteiger partial charge is 0.496 e. The number of amides is 1. The summed E-state index contributed by atoms with van der Waals surface area (Å²) in [7, 11) is 1.58. The van der Waals surface area contributed by atoms with Gasteiger partial charge in [-0.2, -0.15) is 0 Å². The minimum Gasteiger partial charge on any atom is -0.496 e. The first-order valence-electron chi connectivity index (χ1n) is 7.36. The van der Waals surface area contributed by atoms with Crippen molar-refractivity contribution in [3.8, 4) is 11.5 Å². The molecule has 2 N–H and O–H groups in total. The summed E-state index contributed by atoms with van der Waals surface area (Å²) in [5.41, 5.74) is -0.383. The third-order valence-electron chi connectivity index (χ3n) is 3.87. The molecular formula is C16H21NO6. The van der Waals surface area contributed by atoms with E-state index in [-0.39, 0.29) is 19.4 Å². The number of aryl methyl sites for hydroxylation is 1. The molecule has 0 aromatic heterocycles. The van der Waals surface area contributed by atoms with E-state index in [2.05, 4.69) is 5.32 Å². The molecule has 1 aliphatic heterocycles. The molecule has 1 aromatic rings. The first-order chi connectivity index (χ1) is 11.0. The van der Waals surface area contributed by atoms with Crippen LogP contribution in [0.5, 0.6) is 11.5 Å². The molecule has 1 fully saturated rings. The van der Waals surface area contributed by atoms with Crippen LogP contribution in [0.3, 0.4) is 0 Å². The molecule has 7 nitrogen and oxygen atoms in total. The number of rotatable bonds is 6. The average Bonchev–Trinajstić information content (AvgIpc) is 2.54. The maximum absolute atomic E-state index is 12.0. The Bertz CT molecular complexity index is 580. The van der Waals surface area contributed by atoms with Gasteiger partial charge in [0.2, 0.25) is 0 Å². The van der Waals surface area contributed by atoms with Gasteiger partial charge in [0.05, 0.1) is 7.11 Å². The van der Waals surface area contributed by atoms with Crippen molar-refractivity contribution in [2.24, 2.45) is 0 Å². The summed E-state index contributed by atoms with van der Waals surface area (Å²) in [6.45, 7) is 2.24. The van der Waals surface area contributed by atoms with Crippen LogP contribution in [0, 0.1) is 6.92 Å². The van der Waals surface area contributed by atoms with Crippen LogP contribution in [0.4, 0.5) is 0 Å². The van der Waals surface area contributed by atoms with Gasteiger partial charge < -0.3 is 24.6 Å². The first-order valence-corrected chi connectivity index (χ1v) is 7.36. The molecule has 0 atom stereocenters. The van der Waals surface area contributed by atoms with E-state index < -0.39 is 17.4 Å². The van der Waals surface area contributed by atoms with Crippen LogP contribution < -0.4 is 14.8 Å². The molecule has 0 unspecified atom stereocenters.